The molecular weight excluding hydrogens is 384 g/mol. The van der Waals surface area contributed by atoms with Crippen LogP contribution in [0.25, 0.3) is 0 Å². The third-order valence-corrected chi connectivity index (χ3v) is 7.01. The number of amides is 1. The van der Waals surface area contributed by atoms with Crippen LogP contribution in [0.3, 0.4) is 0 Å². The van der Waals surface area contributed by atoms with Crippen LogP contribution in [0.5, 0.6) is 0 Å². The van der Waals surface area contributed by atoms with Crippen LogP contribution in [-0.2, 0) is 11.3 Å². The second-order valence-electron chi connectivity index (χ2n) is 8.28. The third kappa shape index (κ3) is 5.47. The van der Waals surface area contributed by atoms with E-state index in [1.807, 2.05) is 19.1 Å². The van der Waals surface area contributed by atoms with E-state index in [2.05, 4.69) is 25.5 Å². The Morgan fingerprint density at radius 1 is 1.28 bits per heavy atom. The Balaban J connectivity index is 1.26. The van der Waals surface area contributed by atoms with Gasteiger partial charge in [-0.1, -0.05) is 6.42 Å². The van der Waals surface area contributed by atoms with Crippen LogP contribution in [0.2, 0.25) is 0 Å². The van der Waals surface area contributed by atoms with Crippen molar-refractivity contribution in [2.24, 2.45) is 5.92 Å². The van der Waals surface area contributed by atoms with E-state index in [4.69, 9.17) is 4.42 Å². The van der Waals surface area contributed by atoms with Gasteiger partial charge < -0.3 is 9.73 Å². The zero-order valence-corrected chi connectivity index (χ0v) is 18.1. The topological polar surface area (TPSA) is 61.6 Å². The fourth-order valence-electron chi connectivity index (χ4n) is 4.53. The Morgan fingerprint density at radius 2 is 2.07 bits per heavy atom. The Hall–Kier alpha value is -1.70. The summed E-state index contributed by atoms with van der Waals surface area (Å²) in [5, 5.41) is 6.50. The van der Waals surface area contributed by atoms with Crippen molar-refractivity contribution in [3.63, 3.8) is 0 Å². The molecule has 0 spiro atoms. The highest BCUT2D eigenvalue weighted by Crippen LogP contribution is 2.25. The molecule has 158 valence electrons. The predicted molar refractivity (Wildman–Crippen MR) is 115 cm³/mol. The first-order valence-corrected chi connectivity index (χ1v) is 11.8. The van der Waals surface area contributed by atoms with Crippen LogP contribution >= 0.6 is 11.3 Å². The SMILES string of the molecule is Cc1nc(CN2CCC(C(=O)NCC(c3ccco3)N3CCCCC3)CC2)cs1. The number of hydrogen-bond acceptors (Lipinski definition) is 6. The van der Waals surface area contributed by atoms with Gasteiger partial charge in [-0.15, -0.1) is 11.3 Å². The number of aromatic nitrogens is 1. The molecular formula is C22H32N4O2S. The Kier molecular flexibility index (Phi) is 7.00. The largest absolute Gasteiger partial charge is 0.468 e. The number of thiazole rings is 1. The number of carbonyl (C=O) groups is 1. The molecule has 2 aromatic heterocycles. The maximum absolute atomic E-state index is 12.8. The van der Waals surface area contributed by atoms with Crippen molar-refractivity contribution in [1.29, 1.82) is 0 Å². The van der Waals surface area contributed by atoms with Crippen LogP contribution in [0, 0.1) is 12.8 Å². The van der Waals surface area contributed by atoms with Crippen LogP contribution in [-0.4, -0.2) is 53.4 Å². The van der Waals surface area contributed by atoms with E-state index in [-0.39, 0.29) is 17.9 Å². The van der Waals surface area contributed by atoms with Gasteiger partial charge in [-0.2, -0.15) is 0 Å². The van der Waals surface area contributed by atoms with Gasteiger partial charge in [-0.3, -0.25) is 14.6 Å². The van der Waals surface area contributed by atoms with Crippen molar-refractivity contribution in [2.75, 3.05) is 32.7 Å². The normalized spacial score (nSPS) is 20.6. The van der Waals surface area contributed by atoms with Gasteiger partial charge >= 0.3 is 0 Å². The number of likely N-dealkylation sites (tertiary alicyclic amines) is 2. The minimum atomic E-state index is 0.113. The average Bonchev–Trinajstić information content (AvgIpc) is 3.42. The van der Waals surface area contributed by atoms with Crippen molar-refractivity contribution in [3.8, 4) is 0 Å². The monoisotopic (exact) mass is 416 g/mol. The molecule has 4 heterocycles. The minimum Gasteiger partial charge on any atom is -0.468 e. The highest BCUT2D eigenvalue weighted by Gasteiger charge is 2.28. The van der Waals surface area contributed by atoms with Gasteiger partial charge in [0.25, 0.3) is 0 Å². The van der Waals surface area contributed by atoms with Crippen molar-refractivity contribution in [2.45, 2.75) is 51.6 Å². The second kappa shape index (κ2) is 9.87. The molecule has 2 aromatic rings. The summed E-state index contributed by atoms with van der Waals surface area (Å²) in [6.45, 7) is 7.65. The Morgan fingerprint density at radius 3 is 2.72 bits per heavy atom. The fourth-order valence-corrected chi connectivity index (χ4v) is 5.13. The van der Waals surface area contributed by atoms with Crippen molar-refractivity contribution in [1.82, 2.24) is 20.1 Å². The number of hydrogen-bond donors (Lipinski definition) is 1. The van der Waals surface area contributed by atoms with Gasteiger partial charge in [0.05, 0.1) is 23.0 Å². The summed E-state index contributed by atoms with van der Waals surface area (Å²) in [4.78, 5) is 22.3. The molecule has 2 saturated heterocycles. The molecule has 1 atom stereocenters. The van der Waals surface area contributed by atoms with Crippen molar-refractivity contribution in [3.05, 3.63) is 40.2 Å². The lowest BCUT2D eigenvalue weighted by atomic mass is 9.95. The van der Waals surface area contributed by atoms with E-state index < -0.39 is 0 Å². The lowest BCUT2D eigenvalue weighted by Crippen LogP contribution is -2.44. The fraction of sp³-hybridized carbons (Fsp3) is 0.636. The van der Waals surface area contributed by atoms with Crippen LogP contribution < -0.4 is 5.32 Å². The molecule has 2 aliphatic rings. The summed E-state index contributed by atoms with van der Waals surface area (Å²) in [7, 11) is 0. The van der Waals surface area contributed by atoms with Gasteiger partial charge in [0, 0.05) is 24.4 Å². The summed E-state index contributed by atoms with van der Waals surface area (Å²) in [5.41, 5.74) is 1.15. The van der Waals surface area contributed by atoms with Crippen molar-refractivity contribution < 1.29 is 9.21 Å². The molecule has 0 saturated carbocycles. The predicted octanol–water partition coefficient (Wildman–Crippen LogP) is 3.60. The standard InChI is InChI=1S/C22H32N4O2S/c1-17-24-19(16-29-17)15-25-11-7-18(8-12-25)22(27)23-14-20(21-6-5-13-28-21)26-9-3-2-4-10-26/h5-6,13,16,18,20H,2-4,7-12,14-15H2,1H3,(H,23,27). The van der Waals surface area contributed by atoms with Gasteiger partial charge in [0.2, 0.25) is 5.91 Å². The number of furan rings is 1. The molecule has 1 amide bonds. The molecule has 7 heteroatoms. The molecule has 0 aliphatic carbocycles. The van der Waals surface area contributed by atoms with Crippen LogP contribution in [0.4, 0.5) is 0 Å². The maximum Gasteiger partial charge on any atom is 0.223 e. The van der Waals surface area contributed by atoms with E-state index in [9.17, 15) is 4.79 Å². The number of piperidine rings is 2. The molecule has 2 aliphatic heterocycles. The molecule has 6 nitrogen and oxygen atoms in total. The lowest BCUT2D eigenvalue weighted by Gasteiger charge is -2.34. The van der Waals surface area contributed by atoms with Crippen LogP contribution in [0.1, 0.15) is 54.6 Å². The van der Waals surface area contributed by atoms with E-state index in [1.165, 1.54) is 19.3 Å². The number of carbonyl (C=O) groups excluding carboxylic acids is 1. The summed E-state index contributed by atoms with van der Waals surface area (Å²) < 4.78 is 5.69. The summed E-state index contributed by atoms with van der Waals surface area (Å²) in [6.07, 6.45) is 7.32. The maximum atomic E-state index is 12.8. The number of nitrogens with one attached hydrogen (secondary N) is 1. The zero-order valence-electron chi connectivity index (χ0n) is 17.3. The van der Waals surface area contributed by atoms with E-state index in [0.717, 1.165) is 62.0 Å². The third-order valence-electron chi connectivity index (χ3n) is 6.18. The van der Waals surface area contributed by atoms with E-state index >= 15 is 0 Å². The average molecular weight is 417 g/mol. The van der Waals surface area contributed by atoms with Crippen LogP contribution in [0.15, 0.2) is 28.2 Å². The molecule has 2 fully saturated rings. The number of nitrogens with zero attached hydrogens (tertiary/aromatic N) is 3. The summed E-state index contributed by atoms with van der Waals surface area (Å²) >= 11 is 1.70. The molecule has 1 N–H and O–H groups in total. The van der Waals surface area contributed by atoms with Crippen molar-refractivity contribution >= 4 is 17.2 Å². The minimum absolute atomic E-state index is 0.113. The Bertz CT molecular complexity index is 762. The first kappa shape index (κ1) is 20.6. The zero-order chi connectivity index (χ0) is 20.1. The van der Waals surface area contributed by atoms with Gasteiger partial charge in [-0.05, 0) is 70.9 Å². The van der Waals surface area contributed by atoms with Gasteiger partial charge in [-0.25, -0.2) is 4.98 Å². The van der Waals surface area contributed by atoms with Gasteiger partial charge in [0.1, 0.15) is 5.76 Å². The molecule has 29 heavy (non-hydrogen) atoms. The van der Waals surface area contributed by atoms with E-state index in [0.29, 0.717) is 6.54 Å². The number of rotatable bonds is 7. The molecule has 4 rings (SSSR count). The van der Waals surface area contributed by atoms with E-state index in [1.54, 1.807) is 17.6 Å². The first-order chi connectivity index (χ1) is 14.2. The molecule has 1 unspecified atom stereocenters. The molecule has 0 radical (unpaired) electrons. The summed E-state index contributed by atoms with van der Waals surface area (Å²) in [5.74, 6) is 1.27. The molecule has 0 aromatic carbocycles. The Labute approximate surface area is 177 Å². The highest BCUT2D eigenvalue weighted by atomic mass is 32.1. The molecule has 0 bridgehead atoms. The second-order valence-corrected chi connectivity index (χ2v) is 9.34. The van der Waals surface area contributed by atoms with Gasteiger partial charge in [0.15, 0.2) is 0 Å². The summed E-state index contributed by atoms with van der Waals surface area (Å²) in [6, 6.07) is 4.11. The highest BCUT2D eigenvalue weighted by molar-refractivity contribution is 7.09. The lowest BCUT2D eigenvalue weighted by molar-refractivity contribution is -0.126. The quantitative estimate of drug-likeness (QED) is 0.747. The number of aryl methyl sites for hydroxylation is 1. The first-order valence-electron chi connectivity index (χ1n) is 10.9. The smallest absolute Gasteiger partial charge is 0.223 e.